The quantitative estimate of drug-likeness (QED) is 0.0459. The van der Waals surface area contributed by atoms with Crippen LogP contribution in [0.5, 0.6) is 11.5 Å². The number of aromatic nitrogens is 1. The Hall–Kier alpha value is -6.76. The number of nitro benzene ring substituents is 1. The molecule has 5 aromatic rings. The van der Waals surface area contributed by atoms with Crippen molar-refractivity contribution in [1.29, 1.82) is 0 Å². The van der Waals surface area contributed by atoms with Gasteiger partial charge in [-0.15, -0.1) is 11.3 Å². The lowest BCUT2D eigenvalue weighted by atomic mass is 10.1. The first-order valence-corrected chi connectivity index (χ1v) is 15.9. The third kappa shape index (κ3) is 8.69. The van der Waals surface area contributed by atoms with Gasteiger partial charge in [0.05, 0.1) is 32.1 Å². The van der Waals surface area contributed by atoms with Gasteiger partial charge in [-0.3, -0.25) is 29.3 Å². The molecule has 270 valence electrons. The fraction of sp³-hybridized carbons (Fsp3) is 0.212. The molecule has 3 aromatic carbocycles. The molecule has 0 bridgehead atoms. The zero-order chi connectivity index (χ0) is 37.7. The van der Waals surface area contributed by atoms with E-state index in [9.17, 15) is 54.5 Å². The number of carbonyl (C=O) groups is 4. The van der Waals surface area contributed by atoms with Gasteiger partial charge in [-0.2, -0.15) is 0 Å². The van der Waals surface area contributed by atoms with E-state index in [1.54, 1.807) is 19.1 Å². The highest BCUT2D eigenvalue weighted by atomic mass is 32.1. The minimum atomic E-state index is -1.36. The molecule has 0 radical (unpaired) electrons. The molecule has 4 N–H and O–H groups in total. The van der Waals surface area contributed by atoms with Gasteiger partial charge >= 0.3 is 29.5 Å². The summed E-state index contributed by atoms with van der Waals surface area (Å²) in [5, 5.41) is 49.4. The molecule has 0 amide bonds. The first kappa shape index (κ1) is 36.5. The van der Waals surface area contributed by atoms with Crippen LogP contribution in [0.1, 0.15) is 5.56 Å². The standard InChI is InChI=1S/C33H28N4O14S/c1-17-2-4-22(35(13-28(38)39)14-29(40)41)25(8-17)49-6-7-50-26-10-18-9-20(32-34-21-11-19(37(47)48)3-5-27(21)52-32)33(46)51-24(18)12-23(26)36(15-30(42)43)16-31(44)45/h2-5,8-12H,6-7,13-16H2,1H3,(H,38,39)(H,40,41)(H,42,43)(H,44,45). The Morgan fingerprint density at radius 2 is 1.38 bits per heavy atom. The van der Waals surface area contributed by atoms with E-state index in [2.05, 4.69) is 4.98 Å². The van der Waals surface area contributed by atoms with Crippen molar-refractivity contribution in [2.75, 3.05) is 49.2 Å². The van der Waals surface area contributed by atoms with Crippen LogP contribution in [-0.2, 0) is 19.2 Å². The average Bonchev–Trinajstić information content (AvgIpc) is 3.48. The maximum absolute atomic E-state index is 13.1. The molecule has 0 unspecified atom stereocenters. The predicted octanol–water partition coefficient (Wildman–Crippen LogP) is 3.70. The van der Waals surface area contributed by atoms with Crippen molar-refractivity contribution in [2.45, 2.75) is 6.92 Å². The Morgan fingerprint density at radius 1 is 0.808 bits per heavy atom. The van der Waals surface area contributed by atoms with Gasteiger partial charge in [0.2, 0.25) is 0 Å². The van der Waals surface area contributed by atoms with Gasteiger partial charge in [0, 0.05) is 23.6 Å². The molecule has 0 saturated carbocycles. The van der Waals surface area contributed by atoms with Crippen LogP contribution in [0.2, 0.25) is 0 Å². The molecule has 2 aromatic heterocycles. The summed E-state index contributed by atoms with van der Waals surface area (Å²) in [6.07, 6.45) is 0. The number of ether oxygens (including phenoxy) is 2. The number of rotatable bonds is 17. The fourth-order valence-corrected chi connectivity index (χ4v) is 6.15. The van der Waals surface area contributed by atoms with E-state index in [1.807, 2.05) is 0 Å². The number of aliphatic carboxylic acids is 4. The van der Waals surface area contributed by atoms with Gasteiger partial charge in [0.1, 0.15) is 61.5 Å². The molecule has 0 aliphatic heterocycles. The van der Waals surface area contributed by atoms with E-state index >= 15 is 0 Å². The zero-order valence-corrected chi connectivity index (χ0v) is 27.8. The molecule has 0 aliphatic carbocycles. The van der Waals surface area contributed by atoms with Crippen LogP contribution in [0.3, 0.4) is 0 Å². The molecule has 52 heavy (non-hydrogen) atoms. The lowest BCUT2D eigenvalue weighted by Crippen LogP contribution is -2.35. The van der Waals surface area contributed by atoms with Crippen molar-refractivity contribution in [2.24, 2.45) is 0 Å². The third-order valence-electron chi connectivity index (χ3n) is 7.33. The minimum absolute atomic E-state index is 0.0128. The SMILES string of the molecule is Cc1ccc(N(CC(=O)O)CC(=O)O)c(OCCOc2cc3cc(-c4nc5cc([N+](=O)[O-])ccc5s4)c(=O)oc3cc2N(CC(=O)O)CC(=O)O)c1. The van der Waals surface area contributed by atoms with Crippen LogP contribution in [-0.4, -0.2) is 93.6 Å². The number of nitro groups is 1. The lowest BCUT2D eigenvalue weighted by molar-refractivity contribution is -0.384. The van der Waals surface area contributed by atoms with Gasteiger partial charge in [-0.25, -0.2) is 9.78 Å². The maximum atomic E-state index is 13.1. The van der Waals surface area contributed by atoms with Gasteiger partial charge in [0.25, 0.3) is 5.69 Å². The van der Waals surface area contributed by atoms with Crippen molar-refractivity contribution in [3.63, 3.8) is 0 Å². The van der Waals surface area contributed by atoms with Gasteiger partial charge in [-0.1, -0.05) is 6.07 Å². The number of anilines is 2. The number of fused-ring (bicyclic) bond motifs is 2. The number of thiazole rings is 1. The van der Waals surface area contributed by atoms with Crippen LogP contribution in [0.15, 0.2) is 63.8 Å². The zero-order valence-electron chi connectivity index (χ0n) is 27.0. The van der Waals surface area contributed by atoms with Crippen molar-refractivity contribution >= 4 is 73.5 Å². The second-order valence-corrected chi connectivity index (χ2v) is 12.2. The number of hydrogen-bond acceptors (Lipinski definition) is 14. The molecule has 19 heteroatoms. The molecule has 0 aliphatic rings. The van der Waals surface area contributed by atoms with E-state index < -0.39 is 60.6 Å². The highest BCUT2D eigenvalue weighted by Crippen LogP contribution is 2.37. The number of benzene rings is 3. The predicted molar refractivity (Wildman–Crippen MR) is 185 cm³/mol. The number of hydrogen-bond donors (Lipinski definition) is 4. The number of non-ortho nitro benzene ring substituents is 1. The smallest absolute Gasteiger partial charge is 0.346 e. The van der Waals surface area contributed by atoms with Crippen LogP contribution < -0.4 is 24.9 Å². The molecular formula is C33H28N4O14S. The average molecular weight is 737 g/mol. The first-order chi connectivity index (χ1) is 24.7. The Balaban J connectivity index is 1.49. The Kier molecular flexibility index (Phi) is 10.8. The molecule has 0 spiro atoms. The molecule has 0 atom stereocenters. The van der Waals surface area contributed by atoms with Crippen LogP contribution in [0, 0.1) is 17.0 Å². The molecule has 18 nitrogen and oxygen atoms in total. The number of nitrogens with zero attached hydrogens (tertiary/aromatic N) is 4. The van der Waals surface area contributed by atoms with E-state index in [0.717, 1.165) is 26.7 Å². The summed E-state index contributed by atoms with van der Waals surface area (Å²) in [7, 11) is 0. The summed E-state index contributed by atoms with van der Waals surface area (Å²) in [5.74, 6) is -5.10. The largest absolute Gasteiger partial charge is 0.488 e. The summed E-state index contributed by atoms with van der Waals surface area (Å²) >= 11 is 1.10. The molecule has 0 saturated heterocycles. The number of aryl methyl sites for hydroxylation is 1. The van der Waals surface area contributed by atoms with Crippen molar-refractivity contribution in [3.05, 3.63) is 80.7 Å². The Bertz CT molecular complexity index is 2250. The molecule has 0 fully saturated rings. The van der Waals surface area contributed by atoms with E-state index in [1.165, 1.54) is 42.5 Å². The van der Waals surface area contributed by atoms with Gasteiger partial charge < -0.3 is 44.1 Å². The first-order valence-electron chi connectivity index (χ1n) is 15.1. The second kappa shape index (κ2) is 15.4. The van der Waals surface area contributed by atoms with Crippen LogP contribution in [0.4, 0.5) is 17.1 Å². The normalized spacial score (nSPS) is 10.9. The Labute approximate surface area is 295 Å². The van der Waals surface area contributed by atoms with Crippen LogP contribution >= 0.6 is 11.3 Å². The summed E-state index contributed by atoms with van der Waals surface area (Å²) in [4.78, 5) is 76.6. The minimum Gasteiger partial charge on any atom is -0.488 e. The van der Waals surface area contributed by atoms with E-state index in [-0.39, 0.29) is 68.8 Å². The van der Waals surface area contributed by atoms with Crippen molar-refractivity contribution < 1.29 is 58.4 Å². The number of carboxylic acid groups (broad SMARTS) is 4. The maximum Gasteiger partial charge on any atom is 0.346 e. The van der Waals surface area contributed by atoms with Crippen molar-refractivity contribution in [1.82, 2.24) is 4.98 Å². The van der Waals surface area contributed by atoms with E-state index in [0.29, 0.717) is 4.70 Å². The summed E-state index contributed by atoms with van der Waals surface area (Å²) in [5.41, 5.74) is 0.147. The molecule has 2 heterocycles. The molecule has 5 rings (SSSR count). The number of carboxylic acids is 4. The monoisotopic (exact) mass is 736 g/mol. The highest BCUT2D eigenvalue weighted by Gasteiger charge is 2.23. The summed E-state index contributed by atoms with van der Waals surface area (Å²) in [6.45, 7) is -1.44. The summed E-state index contributed by atoms with van der Waals surface area (Å²) < 4.78 is 18.0. The van der Waals surface area contributed by atoms with Gasteiger partial charge in [0.15, 0.2) is 0 Å². The highest BCUT2D eigenvalue weighted by molar-refractivity contribution is 7.21. The Morgan fingerprint density at radius 3 is 1.96 bits per heavy atom. The summed E-state index contributed by atoms with van der Waals surface area (Å²) in [6, 6.07) is 13.0. The second-order valence-electron chi connectivity index (χ2n) is 11.2. The van der Waals surface area contributed by atoms with Gasteiger partial charge in [-0.05, 0) is 42.8 Å². The topological polar surface area (TPSA) is 260 Å². The van der Waals surface area contributed by atoms with Crippen molar-refractivity contribution in [3.8, 4) is 22.1 Å². The van der Waals surface area contributed by atoms with E-state index in [4.69, 9.17) is 13.9 Å². The van der Waals surface area contributed by atoms with Crippen LogP contribution in [0.25, 0.3) is 31.8 Å². The lowest BCUT2D eigenvalue weighted by Gasteiger charge is -2.25. The fourth-order valence-electron chi connectivity index (χ4n) is 5.20. The third-order valence-corrected chi connectivity index (χ3v) is 8.40. The molecular weight excluding hydrogens is 708 g/mol.